The van der Waals surface area contributed by atoms with Gasteiger partial charge in [0.15, 0.2) is 0 Å². The third-order valence-electron chi connectivity index (χ3n) is 5.42. The van der Waals surface area contributed by atoms with Crippen molar-refractivity contribution in [2.75, 3.05) is 43.4 Å². The van der Waals surface area contributed by atoms with Crippen LogP contribution in [-0.2, 0) is 11.3 Å². The van der Waals surface area contributed by atoms with Crippen LogP contribution in [0.25, 0.3) is 10.9 Å². The van der Waals surface area contributed by atoms with Crippen LogP contribution in [-0.4, -0.2) is 53.6 Å². The van der Waals surface area contributed by atoms with Gasteiger partial charge in [0.05, 0.1) is 17.2 Å². The molecule has 1 aliphatic rings. The van der Waals surface area contributed by atoms with Crippen LogP contribution in [0.5, 0.6) is 0 Å². The molecule has 0 atom stereocenters. The van der Waals surface area contributed by atoms with E-state index in [4.69, 9.17) is 0 Å². The molecule has 0 bridgehead atoms. The molecule has 156 valence electrons. The molecule has 7 nitrogen and oxygen atoms in total. The minimum atomic E-state index is -0.514. The lowest BCUT2D eigenvalue weighted by molar-refractivity contribution is -0.116. The number of anilines is 2. The third-order valence-corrected chi connectivity index (χ3v) is 5.42. The number of fused-ring (bicyclic) bond motifs is 1. The van der Waals surface area contributed by atoms with Crippen molar-refractivity contribution in [3.8, 4) is 0 Å². The summed E-state index contributed by atoms with van der Waals surface area (Å²) in [5, 5.41) is 2.98. The Morgan fingerprint density at radius 3 is 2.63 bits per heavy atom. The van der Waals surface area contributed by atoms with Crippen molar-refractivity contribution in [3.05, 3.63) is 64.5 Å². The lowest BCUT2D eigenvalue weighted by Crippen LogP contribution is -2.44. The molecule has 0 saturated carbocycles. The summed E-state index contributed by atoms with van der Waals surface area (Å²) < 4.78 is 14.6. The first-order chi connectivity index (χ1) is 14.4. The van der Waals surface area contributed by atoms with E-state index >= 15 is 0 Å². The van der Waals surface area contributed by atoms with Gasteiger partial charge in [-0.15, -0.1) is 0 Å². The van der Waals surface area contributed by atoms with Gasteiger partial charge in [-0.3, -0.25) is 14.2 Å². The van der Waals surface area contributed by atoms with E-state index in [-0.39, 0.29) is 17.8 Å². The predicted octanol–water partition coefficient (Wildman–Crippen LogP) is 2.23. The Bertz CT molecular complexity index is 1150. The van der Waals surface area contributed by atoms with E-state index in [0.29, 0.717) is 11.2 Å². The van der Waals surface area contributed by atoms with E-state index in [2.05, 4.69) is 27.1 Å². The Labute approximate surface area is 173 Å². The first-order valence-electron chi connectivity index (χ1n) is 9.89. The molecule has 1 aliphatic heterocycles. The molecule has 4 rings (SSSR count). The number of halogens is 1. The predicted molar refractivity (Wildman–Crippen MR) is 115 cm³/mol. The molecular weight excluding hydrogens is 385 g/mol. The molecule has 2 heterocycles. The number of benzene rings is 2. The highest BCUT2D eigenvalue weighted by molar-refractivity contribution is 5.91. The Kier molecular flexibility index (Phi) is 5.50. The summed E-state index contributed by atoms with van der Waals surface area (Å²) in [6.45, 7) is 5.82. The topological polar surface area (TPSA) is 70.5 Å². The zero-order valence-electron chi connectivity index (χ0n) is 17.1. The summed E-state index contributed by atoms with van der Waals surface area (Å²) in [6, 6.07) is 9.65. The molecule has 0 aliphatic carbocycles. The lowest BCUT2D eigenvalue weighted by atomic mass is 10.1. The number of aromatic nitrogens is 2. The van der Waals surface area contributed by atoms with Crippen LogP contribution >= 0.6 is 0 Å². The average Bonchev–Trinajstić information content (AvgIpc) is 2.71. The maximum atomic E-state index is 13.5. The number of nitrogens with zero attached hydrogens (tertiary/aromatic N) is 4. The lowest BCUT2D eigenvalue weighted by Gasteiger charge is -2.35. The Morgan fingerprint density at radius 2 is 1.90 bits per heavy atom. The fourth-order valence-corrected chi connectivity index (χ4v) is 3.73. The average molecular weight is 409 g/mol. The molecule has 3 aromatic rings. The van der Waals surface area contributed by atoms with Crippen LogP contribution in [0.15, 0.2) is 47.5 Å². The van der Waals surface area contributed by atoms with Crippen LogP contribution in [0.4, 0.5) is 15.8 Å². The SMILES string of the molecule is Cc1cc(NC(=O)Cn2cnc3ccc(F)cc3c2=O)ccc1N1CCN(C)CC1. The first-order valence-corrected chi connectivity index (χ1v) is 9.89. The second-order valence-corrected chi connectivity index (χ2v) is 7.68. The standard InChI is InChI=1S/C22H24FN5O2/c1-15-11-17(4-6-20(15)27-9-7-26(2)8-10-27)25-21(29)13-28-14-24-19-5-3-16(23)12-18(19)22(28)30/h3-6,11-12,14H,7-10,13H2,1-2H3,(H,25,29). The second kappa shape index (κ2) is 8.23. The fourth-order valence-electron chi connectivity index (χ4n) is 3.73. The molecule has 1 amide bonds. The maximum Gasteiger partial charge on any atom is 0.261 e. The quantitative estimate of drug-likeness (QED) is 0.716. The molecular formula is C22H24FN5O2. The third kappa shape index (κ3) is 4.18. The van der Waals surface area contributed by atoms with Crippen molar-refractivity contribution in [2.45, 2.75) is 13.5 Å². The Morgan fingerprint density at radius 1 is 1.13 bits per heavy atom. The molecule has 0 spiro atoms. The summed E-state index contributed by atoms with van der Waals surface area (Å²) in [5.74, 6) is -0.860. The summed E-state index contributed by atoms with van der Waals surface area (Å²) in [6.07, 6.45) is 1.31. The van der Waals surface area contributed by atoms with Crippen LogP contribution < -0.4 is 15.8 Å². The molecule has 1 N–H and O–H groups in total. The smallest absolute Gasteiger partial charge is 0.261 e. The molecule has 0 unspecified atom stereocenters. The maximum absolute atomic E-state index is 13.5. The van der Waals surface area contributed by atoms with Crippen LogP contribution in [0, 0.1) is 12.7 Å². The van der Waals surface area contributed by atoms with Gasteiger partial charge in [-0.05, 0) is 55.9 Å². The van der Waals surface area contributed by atoms with Gasteiger partial charge in [-0.25, -0.2) is 9.37 Å². The van der Waals surface area contributed by atoms with Gasteiger partial charge < -0.3 is 15.1 Å². The zero-order valence-corrected chi connectivity index (χ0v) is 17.1. The van der Waals surface area contributed by atoms with Gasteiger partial charge in [0, 0.05) is 37.6 Å². The number of carbonyl (C=O) groups excluding carboxylic acids is 1. The number of hydrogen-bond acceptors (Lipinski definition) is 5. The van der Waals surface area contributed by atoms with Crippen molar-refractivity contribution in [3.63, 3.8) is 0 Å². The van der Waals surface area contributed by atoms with E-state index in [1.807, 2.05) is 25.1 Å². The summed E-state index contributed by atoms with van der Waals surface area (Å²) in [4.78, 5) is 33.8. The van der Waals surface area contributed by atoms with E-state index in [9.17, 15) is 14.0 Å². The number of amides is 1. The molecule has 8 heteroatoms. The van der Waals surface area contributed by atoms with Gasteiger partial charge in [0.2, 0.25) is 5.91 Å². The van der Waals surface area contributed by atoms with Crippen molar-refractivity contribution >= 4 is 28.2 Å². The van der Waals surface area contributed by atoms with Crippen molar-refractivity contribution < 1.29 is 9.18 Å². The minimum absolute atomic E-state index is 0.151. The van der Waals surface area contributed by atoms with Crippen molar-refractivity contribution in [1.29, 1.82) is 0 Å². The number of carbonyl (C=O) groups is 1. The van der Waals surface area contributed by atoms with E-state index < -0.39 is 11.4 Å². The molecule has 2 aromatic carbocycles. The van der Waals surface area contributed by atoms with E-state index in [1.54, 1.807) is 0 Å². The molecule has 1 aromatic heterocycles. The van der Waals surface area contributed by atoms with Gasteiger partial charge in [-0.2, -0.15) is 0 Å². The molecule has 30 heavy (non-hydrogen) atoms. The molecule has 0 radical (unpaired) electrons. The summed E-state index contributed by atoms with van der Waals surface area (Å²) >= 11 is 0. The first kappa shape index (κ1) is 20.0. The van der Waals surface area contributed by atoms with Crippen LogP contribution in [0.1, 0.15) is 5.56 Å². The minimum Gasteiger partial charge on any atom is -0.369 e. The highest BCUT2D eigenvalue weighted by Crippen LogP contribution is 2.24. The number of aryl methyl sites for hydroxylation is 1. The summed E-state index contributed by atoms with van der Waals surface area (Å²) in [7, 11) is 2.12. The monoisotopic (exact) mass is 409 g/mol. The van der Waals surface area contributed by atoms with Gasteiger partial charge >= 0.3 is 0 Å². The fraction of sp³-hybridized carbons (Fsp3) is 0.318. The largest absolute Gasteiger partial charge is 0.369 e. The van der Waals surface area contributed by atoms with Crippen LogP contribution in [0.2, 0.25) is 0 Å². The zero-order chi connectivity index (χ0) is 21.3. The van der Waals surface area contributed by atoms with Crippen molar-refractivity contribution in [2.24, 2.45) is 0 Å². The molecule has 1 fully saturated rings. The number of nitrogens with one attached hydrogen (secondary N) is 1. The number of hydrogen-bond donors (Lipinski definition) is 1. The highest BCUT2D eigenvalue weighted by atomic mass is 19.1. The number of piperazine rings is 1. The Hall–Kier alpha value is -3.26. The Balaban J connectivity index is 1.47. The van der Waals surface area contributed by atoms with E-state index in [1.165, 1.54) is 23.0 Å². The van der Waals surface area contributed by atoms with E-state index in [0.717, 1.165) is 43.5 Å². The summed E-state index contributed by atoms with van der Waals surface area (Å²) in [5.41, 5.74) is 2.86. The normalized spacial score (nSPS) is 14.8. The second-order valence-electron chi connectivity index (χ2n) is 7.68. The van der Waals surface area contributed by atoms with Gasteiger partial charge in [0.1, 0.15) is 12.4 Å². The van der Waals surface area contributed by atoms with Crippen molar-refractivity contribution in [1.82, 2.24) is 14.5 Å². The van der Waals surface area contributed by atoms with Gasteiger partial charge in [-0.1, -0.05) is 0 Å². The highest BCUT2D eigenvalue weighted by Gasteiger charge is 2.16. The van der Waals surface area contributed by atoms with Gasteiger partial charge in [0.25, 0.3) is 5.56 Å². The molecule has 1 saturated heterocycles. The number of likely N-dealkylation sites (N-methyl/N-ethyl adjacent to an activating group) is 1. The number of rotatable bonds is 4. The van der Waals surface area contributed by atoms with Crippen LogP contribution in [0.3, 0.4) is 0 Å².